The van der Waals surface area contributed by atoms with Crippen LogP contribution >= 0.6 is 15.9 Å². The number of fused-ring (bicyclic) bond motifs is 1. The number of hydrogen-bond donors (Lipinski definition) is 2. The van der Waals surface area contributed by atoms with Gasteiger partial charge in [-0.1, -0.05) is 15.9 Å². The molecule has 3 atom stereocenters. The number of nitrogens with two attached hydrogens (primary N) is 1. The van der Waals surface area contributed by atoms with Crippen LogP contribution in [0.15, 0.2) is 22.7 Å². The predicted molar refractivity (Wildman–Crippen MR) is 73.0 cm³/mol. The predicted octanol–water partition coefficient (Wildman–Crippen LogP) is 2.24. The lowest BCUT2D eigenvalue weighted by Crippen LogP contribution is -2.25. The fourth-order valence-corrected chi connectivity index (χ4v) is 3.63. The van der Waals surface area contributed by atoms with Gasteiger partial charge < -0.3 is 15.7 Å². The molecule has 0 radical (unpaired) electrons. The van der Waals surface area contributed by atoms with Crippen molar-refractivity contribution in [2.24, 2.45) is 11.8 Å². The van der Waals surface area contributed by atoms with Gasteiger partial charge in [0.05, 0.1) is 17.5 Å². The molecule has 3 nitrogen and oxygen atoms in total. The second kappa shape index (κ2) is 4.18. The normalized spacial score (nSPS) is 31.9. The van der Waals surface area contributed by atoms with Gasteiger partial charge in [-0.2, -0.15) is 0 Å². The molecule has 3 N–H and O–H groups in total. The molecule has 0 aromatic heterocycles. The maximum atomic E-state index is 9.91. The van der Waals surface area contributed by atoms with E-state index in [2.05, 4.69) is 26.9 Å². The Bertz CT molecular complexity index is 437. The molecule has 1 aromatic carbocycles. The van der Waals surface area contributed by atoms with Gasteiger partial charge in [0.1, 0.15) is 0 Å². The lowest BCUT2D eigenvalue weighted by atomic mass is 10.00. The highest BCUT2D eigenvalue weighted by molar-refractivity contribution is 9.10. The maximum Gasteiger partial charge on any atom is 0.0600 e. The lowest BCUT2D eigenvalue weighted by Gasteiger charge is -2.22. The second-order valence-corrected chi connectivity index (χ2v) is 6.09. The summed E-state index contributed by atoms with van der Waals surface area (Å²) in [6, 6.07) is 6.03. The van der Waals surface area contributed by atoms with E-state index in [0.717, 1.165) is 41.8 Å². The summed E-state index contributed by atoms with van der Waals surface area (Å²) in [4.78, 5) is 2.32. The number of halogens is 1. The summed E-state index contributed by atoms with van der Waals surface area (Å²) in [6.07, 6.45) is 2.01. The van der Waals surface area contributed by atoms with E-state index in [1.54, 1.807) is 0 Å². The molecule has 0 bridgehead atoms. The van der Waals surface area contributed by atoms with E-state index in [1.807, 2.05) is 12.1 Å². The van der Waals surface area contributed by atoms with Crippen molar-refractivity contribution in [3.05, 3.63) is 22.7 Å². The van der Waals surface area contributed by atoms with Crippen LogP contribution in [-0.4, -0.2) is 24.3 Å². The van der Waals surface area contributed by atoms with Gasteiger partial charge in [-0.15, -0.1) is 0 Å². The molecule has 1 aliphatic carbocycles. The minimum absolute atomic E-state index is 0.110. The first-order valence-corrected chi connectivity index (χ1v) is 6.92. The van der Waals surface area contributed by atoms with Crippen molar-refractivity contribution >= 4 is 27.3 Å². The Labute approximate surface area is 110 Å². The highest BCUT2D eigenvalue weighted by Gasteiger charge is 2.42. The molecule has 4 heteroatoms. The molecule has 1 aromatic rings. The molecule has 3 unspecified atom stereocenters. The van der Waals surface area contributed by atoms with Crippen molar-refractivity contribution in [1.82, 2.24) is 0 Å². The van der Waals surface area contributed by atoms with Crippen LogP contribution in [0, 0.1) is 11.8 Å². The molecule has 1 saturated carbocycles. The summed E-state index contributed by atoms with van der Waals surface area (Å²) in [5.41, 5.74) is 7.97. The number of rotatable bonds is 1. The van der Waals surface area contributed by atoms with E-state index in [1.165, 1.54) is 0 Å². The van der Waals surface area contributed by atoms with Crippen LogP contribution in [-0.2, 0) is 0 Å². The highest BCUT2D eigenvalue weighted by Crippen LogP contribution is 2.41. The third-order valence-corrected chi connectivity index (χ3v) is 4.64. The van der Waals surface area contributed by atoms with E-state index in [9.17, 15) is 5.11 Å². The summed E-state index contributed by atoms with van der Waals surface area (Å²) < 4.78 is 1.01. The van der Waals surface area contributed by atoms with E-state index < -0.39 is 0 Å². The zero-order chi connectivity index (χ0) is 12.0. The summed E-state index contributed by atoms with van der Waals surface area (Å²) in [5.74, 6) is 1.09. The van der Waals surface area contributed by atoms with Gasteiger partial charge in [-0.05, 0) is 37.0 Å². The van der Waals surface area contributed by atoms with E-state index in [-0.39, 0.29) is 6.10 Å². The molecular formula is C13H17BrN2O. The quantitative estimate of drug-likeness (QED) is 0.782. The maximum absolute atomic E-state index is 9.91. The fraction of sp³-hybridized carbons (Fsp3) is 0.538. The zero-order valence-electron chi connectivity index (χ0n) is 9.64. The molecule has 1 aliphatic heterocycles. The van der Waals surface area contributed by atoms with Crippen molar-refractivity contribution in [2.45, 2.75) is 18.9 Å². The molecule has 0 amide bonds. The first-order valence-electron chi connectivity index (χ1n) is 6.13. The van der Waals surface area contributed by atoms with Crippen molar-refractivity contribution in [3.8, 4) is 0 Å². The van der Waals surface area contributed by atoms with Gasteiger partial charge in [0.2, 0.25) is 0 Å². The molecule has 1 saturated heterocycles. The molecular weight excluding hydrogens is 280 g/mol. The first kappa shape index (κ1) is 11.4. The van der Waals surface area contributed by atoms with Crippen molar-refractivity contribution in [3.63, 3.8) is 0 Å². The van der Waals surface area contributed by atoms with Crippen molar-refractivity contribution < 1.29 is 5.11 Å². The Morgan fingerprint density at radius 3 is 2.82 bits per heavy atom. The summed E-state index contributed by atoms with van der Waals surface area (Å²) >= 11 is 3.42. The number of nitrogens with zero attached hydrogens (tertiary/aromatic N) is 1. The van der Waals surface area contributed by atoms with Crippen LogP contribution < -0.4 is 10.6 Å². The fourth-order valence-electron chi connectivity index (χ4n) is 3.25. The van der Waals surface area contributed by atoms with Gasteiger partial charge in [0, 0.05) is 23.5 Å². The molecule has 0 spiro atoms. The number of hydrogen-bond acceptors (Lipinski definition) is 3. The molecule has 92 valence electrons. The van der Waals surface area contributed by atoms with E-state index in [4.69, 9.17) is 5.73 Å². The Kier molecular flexibility index (Phi) is 2.79. The summed E-state index contributed by atoms with van der Waals surface area (Å²) in [6.45, 7) is 1.98. The zero-order valence-corrected chi connectivity index (χ0v) is 11.2. The molecule has 17 heavy (non-hydrogen) atoms. The molecule has 1 heterocycles. The number of aliphatic hydroxyl groups excluding tert-OH is 1. The highest BCUT2D eigenvalue weighted by atomic mass is 79.9. The molecule has 2 fully saturated rings. The molecule has 3 rings (SSSR count). The average Bonchev–Trinajstić information content (AvgIpc) is 2.81. The van der Waals surface area contributed by atoms with Gasteiger partial charge in [0.15, 0.2) is 0 Å². The van der Waals surface area contributed by atoms with E-state index >= 15 is 0 Å². The lowest BCUT2D eigenvalue weighted by molar-refractivity contribution is 0.133. The van der Waals surface area contributed by atoms with Crippen LogP contribution in [0.3, 0.4) is 0 Å². The van der Waals surface area contributed by atoms with Gasteiger partial charge >= 0.3 is 0 Å². The second-order valence-electron chi connectivity index (χ2n) is 5.18. The van der Waals surface area contributed by atoms with Crippen LogP contribution in [0.2, 0.25) is 0 Å². The summed E-state index contributed by atoms with van der Waals surface area (Å²) in [7, 11) is 0. The average molecular weight is 297 g/mol. The monoisotopic (exact) mass is 296 g/mol. The van der Waals surface area contributed by atoms with Crippen LogP contribution in [0.4, 0.5) is 11.4 Å². The number of anilines is 2. The first-order chi connectivity index (χ1) is 8.15. The Balaban J connectivity index is 1.83. The minimum atomic E-state index is -0.110. The standard InChI is InChI=1S/C13H17BrN2O/c14-9-2-3-12(11(15)5-9)16-6-8-1-4-13(17)10(8)7-16/h2-3,5,8,10,13,17H,1,4,6-7,15H2. The number of aliphatic hydroxyl groups is 1. The third kappa shape index (κ3) is 1.93. The van der Waals surface area contributed by atoms with Crippen molar-refractivity contribution in [1.29, 1.82) is 0 Å². The van der Waals surface area contributed by atoms with Crippen molar-refractivity contribution in [2.75, 3.05) is 23.7 Å². The summed E-state index contributed by atoms with van der Waals surface area (Å²) in [5, 5.41) is 9.91. The largest absolute Gasteiger partial charge is 0.397 e. The SMILES string of the molecule is Nc1cc(Br)ccc1N1CC2CCC(O)C2C1. The Morgan fingerprint density at radius 1 is 1.29 bits per heavy atom. The minimum Gasteiger partial charge on any atom is -0.397 e. The Hall–Kier alpha value is -0.740. The number of nitrogen functional groups attached to an aromatic ring is 1. The topological polar surface area (TPSA) is 49.5 Å². The van der Waals surface area contributed by atoms with Gasteiger partial charge in [-0.25, -0.2) is 0 Å². The third-order valence-electron chi connectivity index (χ3n) is 4.15. The Morgan fingerprint density at radius 2 is 2.12 bits per heavy atom. The van der Waals surface area contributed by atoms with E-state index in [0.29, 0.717) is 11.8 Å². The van der Waals surface area contributed by atoms with Crippen LogP contribution in [0.1, 0.15) is 12.8 Å². The van der Waals surface area contributed by atoms with Crippen LogP contribution in [0.25, 0.3) is 0 Å². The molecule has 2 aliphatic rings. The number of benzene rings is 1. The van der Waals surface area contributed by atoms with Gasteiger partial charge in [0.25, 0.3) is 0 Å². The smallest absolute Gasteiger partial charge is 0.0600 e. The van der Waals surface area contributed by atoms with Crippen LogP contribution in [0.5, 0.6) is 0 Å². The van der Waals surface area contributed by atoms with Gasteiger partial charge in [-0.3, -0.25) is 0 Å².